The van der Waals surface area contributed by atoms with Crippen molar-refractivity contribution in [2.24, 2.45) is 0 Å². The average molecular weight is 355 g/mol. The van der Waals surface area contributed by atoms with E-state index in [1.165, 1.54) is 12.8 Å². The third kappa shape index (κ3) is 3.70. The zero-order valence-electron chi connectivity index (χ0n) is 14.8. The van der Waals surface area contributed by atoms with Crippen LogP contribution in [-0.4, -0.2) is 57.3 Å². The van der Waals surface area contributed by atoms with Gasteiger partial charge in [0, 0.05) is 55.7 Å². The van der Waals surface area contributed by atoms with E-state index in [0.717, 1.165) is 49.1 Å². The van der Waals surface area contributed by atoms with Crippen LogP contribution in [0.25, 0.3) is 0 Å². The molecule has 2 aromatic rings. The molecule has 4 rings (SSSR count). The molecule has 0 unspecified atom stereocenters. The first-order valence-corrected chi connectivity index (χ1v) is 9.32. The molecule has 1 saturated heterocycles. The zero-order chi connectivity index (χ0) is 17.8. The molecule has 1 aliphatic carbocycles. The second-order valence-electron chi connectivity index (χ2n) is 6.91. The number of nitrogens with one attached hydrogen (secondary N) is 2. The molecule has 0 spiro atoms. The molecule has 1 aliphatic heterocycles. The molecule has 26 heavy (non-hydrogen) atoms. The summed E-state index contributed by atoms with van der Waals surface area (Å²) in [7, 11) is 0. The molecular weight excluding hydrogens is 330 g/mol. The van der Waals surface area contributed by atoms with Crippen LogP contribution in [-0.2, 0) is 0 Å². The summed E-state index contributed by atoms with van der Waals surface area (Å²) in [5, 5.41) is 15.6. The van der Waals surface area contributed by atoms with Gasteiger partial charge in [0.1, 0.15) is 12.1 Å². The molecule has 0 aromatic carbocycles. The summed E-state index contributed by atoms with van der Waals surface area (Å²) in [6, 6.07) is 2.37. The van der Waals surface area contributed by atoms with Crippen LogP contribution in [0, 0.1) is 0 Å². The van der Waals surface area contributed by atoms with Crippen LogP contribution in [0.5, 0.6) is 0 Å². The number of aliphatic hydroxyl groups is 1. The van der Waals surface area contributed by atoms with E-state index < -0.39 is 0 Å². The Morgan fingerprint density at radius 3 is 2.69 bits per heavy atom. The number of rotatable bonds is 7. The Hall–Kier alpha value is -2.48. The van der Waals surface area contributed by atoms with Crippen molar-refractivity contribution in [1.29, 1.82) is 0 Å². The predicted molar refractivity (Wildman–Crippen MR) is 100 cm³/mol. The lowest BCUT2D eigenvalue weighted by Crippen LogP contribution is -2.35. The highest BCUT2D eigenvalue weighted by Gasteiger charge is 2.32. The molecule has 2 aromatic heterocycles. The van der Waals surface area contributed by atoms with E-state index in [-0.39, 0.29) is 6.61 Å². The Balaban J connectivity index is 1.36. The largest absolute Gasteiger partial charge is 0.395 e. The van der Waals surface area contributed by atoms with Crippen LogP contribution in [0.1, 0.15) is 37.3 Å². The number of aliphatic hydroxyl groups excluding tert-OH is 1. The lowest BCUT2D eigenvalue weighted by molar-refractivity contribution is 0.311. The summed E-state index contributed by atoms with van der Waals surface area (Å²) in [6.07, 6.45) is 9.60. The minimum Gasteiger partial charge on any atom is -0.395 e. The number of aromatic nitrogens is 4. The van der Waals surface area contributed by atoms with Crippen molar-refractivity contribution in [3.05, 3.63) is 30.5 Å². The minimum absolute atomic E-state index is 0.0895. The van der Waals surface area contributed by atoms with Crippen LogP contribution >= 0.6 is 0 Å². The van der Waals surface area contributed by atoms with Crippen LogP contribution in [0.3, 0.4) is 0 Å². The van der Waals surface area contributed by atoms with E-state index in [1.54, 1.807) is 18.7 Å². The van der Waals surface area contributed by atoms with E-state index in [4.69, 9.17) is 5.11 Å². The lowest BCUT2D eigenvalue weighted by Gasteiger charge is -2.36. The zero-order valence-corrected chi connectivity index (χ0v) is 14.8. The topological polar surface area (TPSA) is 99.1 Å². The van der Waals surface area contributed by atoms with Crippen molar-refractivity contribution in [3.8, 4) is 0 Å². The Morgan fingerprint density at radius 1 is 1.08 bits per heavy atom. The molecule has 2 fully saturated rings. The second-order valence-corrected chi connectivity index (χ2v) is 6.91. The van der Waals surface area contributed by atoms with E-state index in [1.807, 2.05) is 6.07 Å². The van der Waals surface area contributed by atoms with Crippen molar-refractivity contribution in [3.63, 3.8) is 0 Å². The quantitative estimate of drug-likeness (QED) is 0.689. The van der Waals surface area contributed by atoms with E-state index in [0.29, 0.717) is 18.5 Å². The molecule has 0 bridgehead atoms. The van der Waals surface area contributed by atoms with Crippen molar-refractivity contribution in [2.45, 2.75) is 37.6 Å². The van der Waals surface area contributed by atoms with Crippen LogP contribution in [0.2, 0.25) is 0 Å². The highest BCUT2D eigenvalue weighted by molar-refractivity contribution is 5.61. The summed E-state index contributed by atoms with van der Waals surface area (Å²) < 4.78 is 0. The van der Waals surface area contributed by atoms with Gasteiger partial charge in [0.15, 0.2) is 11.6 Å². The molecule has 3 heterocycles. The van der Waals surface area contributed by atoms with E-state index in [9.17, 15) is 0 Å². The third-order valence-electron chi connectivity index (χ3n) is 5.09. The fraction of sp³-hybridized carbons (Fsp3) is 0.556. The van der Waals surface area contributed by atoms with Crippen LogP contribution in [0.4, 0.5) is 17.5 Å². The first kappa shape index (κ1) is 17.0. The molecular formula is C18H25N7O. The summed E-state index contributed by atoms with van der Waals surface area (Å²) in [6.45, 7) is 2.71. The molecule has 1 saturated carbocycles. The van der Waals surface area contributed by atoms with Gasteiger partial charge in [-0.2, -0.15) is 0 Å². The Morgan fingerprint density at radius 2 is 1.88 bits per heavy atom. The number of hydrogen-bond donors (Lipinski definition) is 3. The fourth-order valence-corrected chi connectivity index (χ4v) is 3.64. The Labute approximate surface area is 153 Å². The van der Waals surface area contributed by atoms with Gasteiger partial charge in [0.25, 0.3) is 0 Å². The smallest absolute Gasteiger partial charge is 0.171 e. The normalized spacial score (nSPS) is 22.1. The molecule has 0 radical (unpaired) electrons. The Bertz CT molecular complexity index is 729. The van der Waals surface area contributed by atoms with Crippen molar-refractivity contribution >= 4 is 17.5 Å². The molecule has 0 amide bonds. The standard InChI is InChI=1S/C18H25N7O/c26-8-5-19-16-11-15(22-12-23-16)13-9-14(10-13)24-17-18(21-4-3-20-17)25-6-1-2-7-25/h3-4,11-14,26H,1-2,5-10H2,(H,20,24)(H,19,22,23). The summed E-state index contributed by atoms with van der Waals surface area (Å²) in [4.78, 5) is 20.0. The monoisotopic (exact) mass is 355 g/mol. The SMILES string of the molecule is OCCNc1cc(C2CC(Nc3nccnc3N3CCCC3)C2)ncn1. The number of hydrogen-bond acceptors (Lipinski definition) is 8. The average Bonchev–Trinajstić information content (AvgIpc) is 3.18. The maximum absolute atomic E-state index is 8.91. The second kappa shape index (κ2) is 7.82. The van der Waals surface area contributed by atoms with Gasteiger partial charge in [-0.15, -0.1) is 0 Å². The van der Waals surface area contributed by atoms with Gasteiger partial charge >= 0.3 is 0 Å². The minimum atomic E-state index is 0.0895. The summed E-state index contributed by atoms with van der Waals surface area (Å²) >= 11 is 0. The van der Waals surface area contributed by atoms with Gasteiger partial charge in [0.2, 0.25) is 0 Å². The van der Waals surface area contributed by atoms with Gasteiger partial charge in [-0.05, 0) is 25.7 Å². The first-order valence-electron chi connectivity index (χ1n) is 9.32. The van der Waals surface area contributed by atoms with E-state index in [2.05, 4.69) is 35.5 Å². The van der Waals surface area contributed by atoms with Gasteiger partial charge in [-0.1, -0.05) is 0 Å². The molecule has 2 aliphatic rings. The molecule has 3 N–H and O–H groups in total. The third-order valence-corrected chi connectivity index (χ3v) is 5.09. The van der Waals surface area contributed by atoms with Gasteiger partial charge in [-0.3, -0.25) is 0 Å². The van der Waals surface area contributed by atoms with E-state index >= 15 is 0 Å². The molecule has 0 atom stereocenters. The van der Waals surface area contributed by atoms with Crippen LogP contribution in [0.15, 0.2) is 24.8 Å². The molecule has 138 valence electrons. The summed E-state index contributed by atoms with van der Waals surface area (Å²) in [5.74, 6) is 3.07. The van der Waals surface area contributed by atoms with Crippen molar-refractivity contribution in [1.82, 2.24) is 19.9 Å². The fourth-order valence-electron chi connectivity index (χ4n) is 3.64. The predicted octanol–water partition coefficient (Wildman–Crippen LogP) is 1.63. The highest BCUT2D eigenvalue weighted by atomic mass is 16.3. The number of anilines is 3. The Kier molecular flexibility index (Phi) is 5.10. The lowest BCUT2D eigenvalue weighted by atomic mass is 9.78. The van der Waals surface area contributed by atoms with Crippen molar-refractivity contribution in [2.75, 3.05) is 41.8 Å². The van der Waals surface area contributed by atoms with Crippen LogP contribution < -0.4 is 15.5 Å². The van der Waals surface area contributed by atoms with Gasteiger partial charge < -0.3 is 20.6 Å². The van der Waals surface area contributed by atoms with Crippen molar-refractivity contribution < 1.29 is 5.11 Å². The molecule has 8 heteroatoms. The van der Waals surface area contributed by atoms with Gasteiger partial charge in [-0.25, -0.2) is 19.9 Å². The number of nitrogens with zero attached hydrogens (tertiary/aromatic N) is 5. The first-order chi connectivity index (χ1) is 12.8. The molecule has 8 nitrogen and oxygen atoms in total. The maximum atomic E-state index is 8.91. The summed E-state index contributed by atoms with van der Waals surface area (Å²) in [5.41, 5.74) is 1.05. The maximum Gasteiger partial charge on any atom is 0.171 e. The highest BCUT2D eigenvalue weighted by Crippen LogP contribution is 2.38. The van der Waals surface area contributed by atoms with Gasteiger partial charge in [0.05, 0.1) is 6.61 Å².